The van der Waals surface area contributed by atoms with Gasteiger partial charge in [0.2, 0.25) is 5.95 Å². The maximum absolute atomic E-state index is 11.8. The summed E-state index contributed by atoms with van der Waals surface area (Å²) in [6, 6.07) is 16.7. The first-order chi connectivity index (χ1) is 15.7. The number of hydrogen-bond donors (Lipinski definition) is 1. The molecule has 1 aromatic heterocycles. The molecule has 1 saturated heterocycles. The van der Waals surface area contributed by atoms with Gasteiger partial charge in [-0.05, 0) is 67.3 Å². The topological polar surface area (TPSA) is 75.5 Å². The van der Waals surface area contributed by atoms with Gasteiger partial charge in [0.25, 0.3) is 0 Å². The second-order valence-corrected chi connectivity index (χ2v) is 8.52. The summed E-state index contributed by atoms with van der Waals surface area (Å²) in [6.07, 6.45) is 8.11. The Balaban J connectivity index is 1.39. The molecule has 5 rings (SSSR count). The van der Waals surface area contributed by atoms with Gasteiger partial charge >= 0.3 is 5.97 Å². The Morgan fingerprint density at radius 1 is 1.06 bits per heavy atom. The number of aromatic nitrogens is 2. The Morgan fingerprint density at radius 3 is 2.69 bits per heavy atom. The van der Waals surface area contributed by atoms with Crippen LogP contribution in [0.25, 0.3) is 0 Å². The molecule has 6 heteroatoms. The molecule has 3 aromatic rings. The van der Waals surface area contributed by atoms with Crippen molar-refractivity contribution in [3.8, 4) is 5.75 Å². The van der Waals surface area contributed by atoms with Gasteiger partial charge in [0.1, 0.15) is 17.9 Å². The maximum Gasteiger partial charge on any atom is 0.339 e. The zero-order valence-electron chi connectivity index (χ0n) is 18.0. The number of aromatic carboxylic acids is 1. The van der Waals surface area contributed by atoms with Gasteiger partial charge in [-0.1, -0.05) is 36.4 Å². The molecule has 164 valence electrons. The molecule has 0 saturated carbocycles. The van der Waals surface area contributed by atoms with E-state index in [1.165, 1.54) is 35.7 Å². The van der Waals surface area contributed by atoms with E-state index in [0.717, 1.165) is 38.0 Å². The highest BCUT2D eigenvalue weighted by Gasteiger charge is 2.29. The van der Waals surface area contributed by atoms with Crippen LogP contribution >= 0.6 is 0 Å². The van der Waals surface area contributed by atoms with E-state index in [1.54, 1.807) is 0 Å². The molecule has 0 amide bonds. The fraction of sp³-hybridized carbons (Fsp3) is 0.346. The van der Waals surface area contributed by atoms with Gasteiger partial charge in [-0.3, -0.25) is 0 Å². The number of hydrogen-bond acceptors (Lipinski definition) is 5. The Bertz CT molecular complexity index is 1120. The van der Waals surface area contributed by atoms with Crippen molar-refractivity contribution >= 4 is 11.9 Å². The zero-order valence-corrected chi connectivity index (χ0v) is 18.0. The van der Waals surface area contributed by atoms with Crippen molar-refractivity contribution in [2.75, 3.05) is 11.4 Å². The van der Waals surface area contributed by atoms with E-state index in [0.29, 0.717) is 11.6 Å². The lowest BCUT2D eigenvalue weighted by Gasteiger charge is -2.25. The van der Waals surface area contributed by atoms with Gasteiger partial charge in [-0.15, -0.1) is 0 Å². The highest BCUT2D eigenvalue weighted by molar-refractivity contribution is 5.88. The minimum atomic E-state index is -1.04. The third-order valence-electron chi connectivity index (χ3n) is 6.47. The first kappa shape index (κ1) is 20.5. The number of anilines is 1. The summed E-state index contributed by atoms with van der Waals surface area (Å²) in [4.78, 5) is 23.0. The van der Waals surface area contributed by atoms with Crippen LogP contribution < -0.4 is 9.64 Å². The number of carboxylic acids is 1. The maximum atomic E-state index is 11.8. The van der Waals surface area contributed by atoms with Crippen LogP contribution in [0.2, 0.25) is 0 Å². The van der Waals surface area contributed by atoms with Crippen LogP contribution in [0.5, 0.6) is 5.75 Å². The van der Waals surface area contributed by atoms with E-state index in [4.69, 9.17) is 4.74 Å². The van der Waals surface area contributed by atoms with Crippen molar-refractivity contribution in [2.24, 2.45) is 0 Å². The van der Waals surface area contributed by atoms with Crippen LogP contribution in [0.3, 0.4) is 0 Å². The number of ether oxygens (including phenoxy) is 1. The summed E-state index contributed by atoms with van der Waals surface area (Å²) < 4.78 is 6.01. The van der Waals surface area contributed by atoms with Crippen LogP contribution in [-0.2, 0) is 19.4 Å². The van der Waals surface area contributed by atoms with Gasteiger partial charge in [-0.2, -0.15) is 0 Å². The predicted octanol–water partition coefficient (Wildman–Crippen LogP) is 4.97. The molecule has 32 heavy (non-hydrogen) atoms. The summed E-state index contributed by atoms with van der Waals surface area (Å²) in [5.41, 5.74) is 4.43. The molecule has 1 aliphatic heterocycles. The Morgan fingerprint density at radius 2 is 1.88 bits per heavy atom. The van der Waals surface area contributed by atoms with Crippen LogP contribution in [0.1, 0.15) is 64.5 Å². The second-order valence-electron chi connectivity index (χ2n) is 8.52. The Labute approximate surface area is 187 Å². The lowest BCUT2D eigenvalue weighted by molar-refractivity contribution is 0.0692. The predicted molar refractivity (Wildman–Crippen MR) is 122 cm³/mol. The van der Waals surface area contributed by atoms with Gasteiger partial charge in [0.15, 0.2) is 0 Å². The molecule has 2 heterocycles. The molecule has 1 N–H and O–H groups in total. The van der Waals surface area contributed by atoms with E-state index >= 15 is 0 Å². The first-order valence-corrected chi connectivity index (χ1v) is 11.3. The average Bonchev–Trinajstić information content (AvgIpc) is 3.33. The van der Waals surface area contributed by atoms with Gasteiger partial charge in [0.05, 0.1) is 11.7 Å². The van der Waals surface area contributed by atoms with E-state index < -0.39 is 5.97 Å². The van der Waals surface area contributed by atoms with Crippen LogP contribution in [0, 0.1) is 0 Å². The number of carboxylic acid groups (broad SMARTS) is 1. The Kier molecular flexibility index (Phi) is 5.75. The van der Waals surface area contributed by atoms with Crippen molar-refractivity contribution in [3.63, 3.8) is 0 Å². The molecule has 2 aliphatic rings. The molecular formula is C26H27N3O3. The standard InChI is InChI=1S/C26H27N3O3/c30-25(31)22-16-27-26(29-14-6-11-24(29)19-8-2-1-3-9-19)28-23(22)17-32-21-13-12-18-7-4-5-10-20(18)15-21/h1-3,8-9,12-13,15-16,24H,4-7,10-11,14,17H2,(H,30,31)/t24-/m1/s1. The minimum absolute atomic E-state index is 0.0853. The van der Waals surface area contributed by atoms with E-state index in [-0.39, 0.29) is 18.2 Å². The second kappa shape index (κ2) is 8.99. The largest absolute Gasteiger partial charge is 0.487 e. The Hall–Kier alpha value is -3.41. The van der Waals surface area contributed by atoms with Crippen molar-refractivity contribution in [2.45, 2.75) is 51.2 Å². The summed E-state index contributed by atoms with van der Waals surface area (Å²) in [6.45, 7) is 0.941. The molecule has 1 atom stereocenters. The van der Waals surface area contributed by atoms with E-state index in [2.05, 4.69) is 39.1 Å². The van der Waals surface area contributed by atoms with Gasteiger partial charge in [-0.25, -0.2) is 14.8 Å². The lowest BCUT2D eigenvalue weighted by atomic mass is 9.92. The number of aryl methyl sites for hydroxylation is 2. The van der Waals surface area contributed by atoms with Crippen LogP contribution in [0.15, 0.2) is 54.7 Å². The number of carbonyl (C=O) groups is 1. The van der Waals surface area contributed by atoms with E-state index in [9.17, 15) is 9.90 Å². The van der Waals surface area contributed by atoms with Crippen molar-refractivity contribution in [3.05, 3.63) is 82.7 Å². The normalized spacial score (nSPS) is 17.8. The monoisotopic (exact) mass is 429 g/mol. The lowest BCUT2D eigenvalue weighted by Crippen LogP contribution is -2.26. The highest BCUT2D eigenvalue weighted by atomic mass is 16.5. The molecule has 0 radical (unpaired) electrons. The first-order valence-electron chi connectivity index (χ1n) is 11.3. The number of nitrogens with zero attached hydrogens (tertiary/aromatic N) is 3. The van der Waals surface area contributed by atoms with Crippen molar-refractivity contribution < 1.29 is 14.6 Å². The summed E-state index contributed by atoms with van der Waals surface area (Å²) in [5, 5.41) is 9.66. The SMILES string of the molecule is O=C(O)c1cnc(N2CCC[C@@H]2c2ccccc2)nc1COc1ccc2c(c1)CCCC2. The smallest absolute Gasteiger partial charge is 0.339 e. The summed E-state index contributed by atoms with van der Waals surface area (Å²) in [7, 11) is 0. The third-order valence-corrected chi connectivity index (χ3v) is 6.47. The van der Waals surface area contributed by atoms with Crippen LogP contribution in [0.4, 0.5) is 5.95 Å². The molecule has 1 aliphatic carbocycles. The van der Waals surface area contributed by atoms with Gasteiger partial charge < -0.3 is 14.7 Å². The van der Waals surface area contributed by atoms with Crippen LogP contribution in [-0.4, -0.2) is 27.6 Å². The molecule has 6 nitrogen and oxygen atoms in total. The fourth-order valence-corrected chi connectivity index (χ4v) is 4.81. The fourth-order valence-electron chi connectivity index (χ4n) is 4.81. The molecule has 0 spiro atoms. The quantitative estimate of drug-likeness (QED) is 0.596. The summed E-state index contributed by atoms with van der Waals surface area (Å²) >= 11 is 0. The summed E-state index contributed by atoms with van der Waals surface area (Å²) in [5.74, 6) is 0.275. The highest BCUT2D eigenvalue weighted by Crippen LogP contribution is 2.34. The molecule has 0 bridgehead atoms. The number of rotatable bonds is 6. The van der Waals surface area contributed by atoms with Gasteiger partial charge in [0, 0.05) is 12.7 Å². The minimum Gasteiger partial charge on any atom is -0.487 e. The molecule has 2 aromatic carbocycles. The molecule has 0 unspecified atom stereocenters. The zero-order chi connectivity index (χ0) is 21.9. The van der Waals surface area contributed by atoms with Crippen molar-refractivity contribution in [1.29, 1.82) is 0 Å². The van der Waals surface area contributed by atoms with Crippen molar-refractivity contribution in [1.82, 2.24) is 9.97 Å². The molecule has 1 fully saturated rings. The number of benzene rings is 2. The molecular weight excluding hydrogens is 402 g/mol. The van der Waals surface area contributed by atoms with E-state index in [1.807, 2.05) is 24.3 Å². The number of fused-ring (bicyclic) bond motifs is 1. The third kappa shape index (κ3) is 4.17. The average molecular weight is 430 g/mol.